The van der Waals surface area contributed by atoms with Gasteiger partial charge in [0.2, 0.25) is 0 Å². The summed E-state index contributed by atoms with van der Waals surface area (Å²) < 4.78 is 6.08. The van der Waals surface area contributed by atoms with E-state index >= 15 is 0 Å². The zero-order valence-electron chi connectivity index (χ0n) is 24.8. The highest BCUT2D eigenvalue weighted by atomic mass is 16.5. The van der Waals surface area contributed by atoms with Gasteiger partial charge in [-0.25, -0.2) is 4.79 Å². The number of hydrogen-bond acceptors (Lipinski definition) is 4. The summed E-state index contributed by atoms with van der Waals surface area (Å²) in [5.41, 5.74) is 15.6. The minimum absolute atomic E-state index is 0.0350. The summed E-state index contributed by atoms with van der Waals surface area (Å²) >= 11 is 0. The highest BCUT2D eigenvalue weighted by Gasteiger charge is 2.60. The van der Waals surface area contributed by atoms with E-state index < -0.39 is 0 Å². The Morgan fingerprint density at radius 3 is 2.55 bits per heavy atom. The van der Waals surface area contributed by atoms with Gasteiger partial charge >= 0.3 is 5.97 Å². The fraction of sp³-hybridized carbons (Fsp3) is 0.794. The maximum atomic E-state index is 12.9. The van der Waals surface area contributed by atoms with E-state index in [2.05, 4.69) is 40.7 Å². The molecule has 10 unspecified atom stereocenters. The second-order valence-corrected chi connectivity index (χ2v) is 14.7. The third-order valence-electron chi connectivity index (χ3n) is 12.3. The molecule has 0 amide bonds. The van der Waals surface area contributed by atoms with E-state index in [0.29, 0.717) is 34.4 Å². The van der Waals surface area contributed by atoms with Crippen LogP contribution in [0.15, 0.2) is 35.1 Å². The number of carbonyl (C=O) groups is 1. The summed E-state index contributed by atoms with van der Waals surface area (Å²) in [7, 11) is 0. The molecule has 0 heterocycles. The molecule has 5 rings (SSSR count). The molecule has 38 heavy (non-hydrogen) atoms. The Balaban J connectivity index is 1.22. The van der Waals surface area contributed by atoms with E-state index in [1.165, 1.54) is 63.4 Å². The Labute approximate surface area is 232 Å². The summed E-state index contributed by atoms with van der Waals surface area (Å²) in [5, 5.41) is 0. The third-order valence-corrected chi connectivity index (χ3v) is 12.3. The van der Waals surface area contributed by atoms with Crippen LogP contribution in [-0.2, 0) is 9.53 Å². The van der Waals surface area contributed by atoms with Crippen LogP contribution >= 0.6 is 0 Å². The molecule has 0 aromatic rings. The highest BCUT2D eigenvalue weighted by Crippen LogP contribution is 2.68. The standard InChI is InChI=1S/C34H54N2O2/c1-21(2)7-6-8-22(3)29-11-12-30-28-10-9-24-19-27(38-32(37)23-17-25(35)20-26(36)18-23)13-15-33(24,4)31(28)14-16-34(29,30)5/h7,17,20,22,24,26-31H,6,8-16,18-19,35-36H2,1-5H3. The SMILES string of the molecule is CC(C)=CCCC(C)C1CCC2C3CCC4CC(OC(=O)C5=CC(N)=CC(N)C5)CCC4(C)C3CCC12C. The lowest BCUT2D eigenvalue weighted by atomic mass is 9.44. The van der Waals surface area contributed by atoms with Gasteiger partial charge in [-0.3, -0.25) is 0 Å². The maximum absolute atomic E-state index is 12.9. The topological polar surface area (TPSA) is 78.3 Å². The van der Waals surface area contributed by atoms with Crippen LogP contribution in [0.1, 0.15) is 112 Å². The van der Waals surface area contributed by atoms with Gasteiger partial charge < -0.3 is 16.2 Å². The lowest BCUT2D eigenvalue weighted by Gasteiger charge is -2.61. The Morgan fingerprint density at radius 2 is 1.82 bits per heavy atom. The first-order chi connectivity index (χ1) is 18.0. The minimum atomic E-state index is -0.206. The van der Waals surface area contributed by atoms with Gasteiger partial charge in [-0.2, -0.15) is 0 Å². The van der Waals surface area contributed by atoms with E-state index in [4.69, 9.17) is 16.2 Å². The fourth-order valence-corrected chi connectivity index (χ4v) is 10.4. The van der Waals surface area contributed by atoms with Gasteiger partial charge in [-0.1, -0.05) is 32.4 Å². The molecular weight excluding hydrogens is 468 g/mol. The number of fused-ring (bicyclic) bond motifs is 5. The molecule has 4 fully saturated rings. The molecule has 0 saturated heterocycles. The van der Waals surface area contributed by atoms with E-state index in [0.717, 1.165) is 42.4 Å². The number of carbonyl (C=O) groups excluding carboxylic acids is 1. The number of nitrogens with two attached hydrogens (primary N) is 2. The van der Waals surface area contributed by atoms with Crippen LogP contribution in [0.5, 0.6) is 0 Å². The zero-order valence-corrected chi connectivity index (χ0v) is 24.8. The number of esters is 1. The van der Waals surface area contributed by atoms with Crippen LogP contribution < -0.4 is 11.5 Å². The van der Waals surface area contributed by atoms with E-state index in [9.17, 15) is 4.79 Å². The summed E-state index contributed by atoms with van der Waals surface area (Å²) in [6.45, 7) is 12.3. The molecular formula is C34H54N2O2. The molecule has 4 saturated carbocycles. The van der Waals surface area contributed by atoms with Crippen LogP contribution in [0.25, 0.3) is 0 Å². The molecule has 0 aromatic heterocycles. The molecule has 0 aliphatic heterocycles. The van der Waals surface area contributed by atoms with Crippen molar-refractivity contribution in [1.29, 1.82) is 0 Å². The molecule has 4 heteroatoms. The van der Waals surface area contributed by atoms with Crippen LogP contribution in [0.4, 0.5) is 0 Å². The first kappa shape index (κ1) is 28.0. The van der Waals surface area contributed by atoms with Crippen molar-refractivity contribution in [2.45, 2.75) is 124 Å². The predicted molar refractivity (Wildman–Crippen MR) is 156 cm³/mol. The Morgan fingerprint density at radius 1 is 1.08 bits per heavy atom. The number of allylic oxidation sites excluding steroid dienone is 3. The molecule has 0 spiro atoms. The van der Waals surface area contributed by atoms with Crippen molar-refractivity contribution in [3.05, 3.63) is 35.1 Å². The molecule has 10 atom stereocenters. The van der Waals surface area contributed by atoms with Crippen molar-refractivity contribution >= 4 is 5.97 Å². The summed E-state index contributed by atoms with van der Waals surface area (Å²) in [4.78, 5) is 12.9. The lowest BCUT2D eigenvalue weighted by molar-refractivity contribution is -0.159. The molecule has 212 valence electrons. The fourth-order valence-electron chi connectivity index (χ4n) is 10.4. The molecule has 5 aliphatic rings. The van der Waals surface area contributed by atoms with Crippen molar-refractivity contribution < 1.29 is 9.53 Å². The Hall–Kier alpha value is -1.55. The average molecular weight is 523 g/mol. The van der Waals surface area contributed by atoms with Crippen molar-refractivity contribution in [3.63, 3.8) is 0 Å². The zero-order chi connectivity index (χ0) is 27.2. The highest BCUT2D eigenvalue weighted by molar-refractivity contribution is 5.89. The van der Waals surface area contributed by atoms with Gasteiger partial charge in [0.05, 0.1) is 0 Å². The first-order valence-corrected chi connectivity index (χ1v) is 15.8. The smallest absolute Gasteiger partial charge is 0.334 e. The predicted octanol–water partition coefficient (Wildman–Crippen LogP) is 7.44. The summed E-state index contributed by atoms with van der Waals surface area (Å²) in [5.74, 6) is 4.84. The summed E-state index contributed by atoms with van der Waals surface area (Å²) in [6.07, 6.45) is 20.8. The molecule has 4 nitrogen and oxygen atoms in total. The van der Waals surface area contributed by atoms with Gasteiger partial charge in [0.25, 0.3) is 0 Å². The second kappa shape index (κ2) is 10.8. The molecule has 0 aromatic carbocycles. The van der Waals surface area contributed by atoms with Crippen molar-refractivity contribution in [2.24, 2.45) is 57.8 Å². The van der Waals surface area contributed by atoms with Crippen molar-refractivity contribution in [1.82, 2.24) is 0 Å². The normalized spacial score (nSPS) is 43.1. The lowest BCUT2D eigenvalue weighted by Crippen LogP contribution is -2.54. The average Bonchev–Trinajstić information content (AvgIpc) is 3.20. The van der Waals surface area contributed by atoms with Gasteiger partial charge in [-0.15, -0.1) is 0 Å². The molecule has 5 aliphatic carbocycles. The van der Waals surface area contributed by atoms with E-state index in [1.54, 1.807) is 6.08 Å². The van der Waals surface area contributed by atoms with Gasteiger partial charge in [0.1, 0.15) is 6.10 Å². The van der Waals surface area contributed by atoms with Gasteiger partial charge in [0, 0.05) is 17.3 Å². The third kappa shape index (κ3) is 5.16. The largest absolute Gasteiger partial charge is 0.459 e. The van der Waals surface area contributed by atoms with E-state index in [-0.39, 0.29) is 18.1 Å². The number of rotatable bonds is 6. The van der Waals surface area contributed by atoms with Crippen molar-refractivity contribution in [2.75, 3.05) is 0 Å². The van der Waals surface area contributed by atoms with E-state index in [1.807, 2.05) is 6.08 Å². The van der Waals surface area contributed by atoms with Crippen LogP contribution in [0, 0.1) is 46.3 Å². The first-order valence-electron chi connectivity index (χ1n) is 15.8. The Kier molecular flexibility index (Phi) is 7.95. The van der Waals surface area contributed by atoms with Gasteiger partial charge in [-0.05, 0) is 149 Å². The Bertz CT molecular complexity index is 992. The minimum Gasteiger partial charge on any atom is -0.459 e. The van der Waals surface area contributed by atoms with Crippen LogP contribution in [-0.4, -0.2) is 18.1 Å². The van der Waals surface area contributed by atoms with Crippen LogP contribution in [0.3, 0.4) is 0 Å². The molecule has 0 bridgehead atoms. The number of hydrogen-bond donors (Lipinski definition) is 2. The van der Waals surface area contributed by atoms with Gasteiger partial charge in [0.15, 0.2) is 0 Å². The maximum Gasteiger partial charge on any atom is 0.334 e. The second-order valence-electron chi connectivity index (χ2n) is 14.7. The summed E-state index contributed by atoms with van der Waals surface area (Å²) in [6, 6.07) is -0.194. The van der Waals surface area contributed by atoms with Crippen molar-refractivity contribution in [3.8, 4) is 0 Å². The molecule has 0 radical (unpaired) electrons. The molecule has 4 N–H and O–H groups in total. The quantitative estimate of drug-likeness (QED) is 0.281. The van der Waals surface area contributed by atoms with Crippen LogP contribution in [0.2, 0.25) is 0 Å². The number of ether oxygens (including phenoxy) is 1. The monoisotopic (exact) mass is 522 g/mol.